The number of phenols is 2. The number of rotatable bonds is 6. The molecule has 0 spiro atoms. The van der Waals surface area contributed by atoms with Crippen LogP contribution in [0.3, 0.4) is 0 Å². The summed E-state index contributed by atoms with van der Waals surface area (Å²) in [4.78, 5) is 37.0. The van der Waals surface area contributed by atoms with E-state index in [9.17, 15) is 24.6 Å². The molecule has 7 heteroatoms. The molecule has 2 aromatic carbocycles. The van der Waals surface area contributed by atoms with Crippen LogP contribution in [0.4, 0.5) is 4.79 Å². The number of hydrogen-bond acceptors (Lipinski definition) is 7. The quantitative estimate of drug-likeness (QED) is 0.262. The van der Waals surface area contributed by atoms with E-state index in [0.717, 1.165) is 33.4 Å². The van der Waals surface area contributed by atoms with Crippen molar-refractivity contribution in [2.24, 2.45) is 0 Å². The number of aryl methyl sites for hydroxylation is 2. The molecule has 0 heterocycles. The van der Waals surface area contributed by atoms with E-state index in [1.807, 2.05) is 107 Å². The normalized spacial score (nSPS) is 12.7. The van der Waals surface area contributed by atoms with Gasteiger partial charge in [-0.1, -0.05) is 107 Å². The molecule has 0 radical (unpaired) electrons. The molecule has 0 aliphatic heterocycles. The predicted molar refractivity (Wildman–Crippen MR) is 165 cm³/mol. The Morgan fingerprint density at radius 3 is 0.976 bits per heavy atom. The molecule has 7 nitrogen and oxygen atoms in total. The van der Waals surface area contributed by atoms with Crippen LogP contribution in [0, 0.1) is 0 Å². The number of aromatic hydroxyl groups is 2. The lowest BCUT2D eigenvalue weighted by molar-refractivity contribution is -0.146. The lowest BCUT2D eigenvalue weighted by Gasteiger charge is -2.28. The zero-order chi connectivity index (χ0) is 32.4. The van der Waals surface area contributed by atoms with Gasteiger partial charge in [0.05, 0.1) is 12.8 Å². The minimum absolute atomic E-state index is 0.0973. The Morgan fingerprint density at radius 1 is 0.524 bits per heavy atom. The van der Waals surface area contributed by atoms with Crippen LogP contribution in [0.5, 0.6) is 11.5 Å². The summed E-state index contributed by atoms with van der Waals surface area (Å²) in [5.41, 5.74) is 3.54. The van der Waals surface area contributed by atoms with E-state index in [1.54, 1.807) is 0 Å². The zero-order valence-electron chi connectivity index (χ0n) is 27.6. The molecule has 232 valence electrons. The minimum Gasteiger partial charge on any atom is -0.507 e. The smallest absolute Gasteiger partial charge is 0.507 e. The third-order valence-corrected chi connectivity index (χ3v) is 7.20. The average molecular weight is 583 g/mol. The fourth-order valence-corrected chi connectivity index (χ4v) is 4.77. The standard InChI is InChI=1S/C35H50O7/c1-32(2,3)23-17-21(18-24(29(23)38)33(4,5)6)13-15-27(36)41-31(40)42-28(37)16-14-22-19-25(34(7,8)9)30(39)26(20-22)35(10,11)12/h17-20,38-39H,13-16H2,1-12H3. The van der Waals surface area contributed by atoms with Crippen LogP contribution < -0.4 is 0 Å². The number of ether oxygens (including phenoxy) is 2. The monoisotopic (exact) mass is 582 g/mol. The van der Waals surface area contributed by atoms with Gasteiger partial charge in [0.15, 0.2) is 0 Å². The summed E-state index contributed by atoms with van der Waals surface area (Å²) in [5, 5.41) is 21.8. The second kappa shape index (κ2) is 12.5. The first kappa shape index (κ1) is 34.8. The maximum absolute atomic E-state index is 12.4. The number of carbonyl (C=O) groups excluding carboxylic acids is 3. The summed E-state index contributed by atoms with van der Waals surface area (Å²) in [6.45, 7) is 24.1. The summed E-state index contributed by atoms with van der Waals surface area (Å²) in [6, 6.07) is 7.50. The fourth-order valence-electron chi connectivity index (χ4n) is 4.77. The molecule has 0 fully saturated rings. The topological polar surface area (TPSA) is 110 Å². The Balaban J connectivity index is 2.03. The van der Waals surface area contributed by atoms with Crippen molar-refractivity contribution in [2.45, 2.75) is 130 Å². The molecule has 0 saturated carbocycles. The van der Waals surface area contributed by atoms with Crippen LogP contribution in [0.1, 0.15) is 129 Å². The summed E-state index contributed by atoms with van der Waals surface area (Å²) in [6.07, 6.45) is -0.961. The third-order valence-electron chi connectivity index (χ3n) is 7.20. The van der Waals surface area contributed by atoms with Gasteiger partial charge in [-0.2, -0.15) is 0 Å². The SMILES string of the molecule is CC(C)(C)c1cc(CCC(=O)OC(=O)OC(=O)CCc2cc(C(C)(C)C)c(O)c(C(C)(C)C)c2)cc(C(C)(C)C)c1O. The lowest BCUT2D eigenvalue weighted by Crippen LogP contribution is -2.20. The molecule has 2 aromatic rings. The van der Waals surface area contributed by atoms with Crippen molar-refractivity contribution in [3.05, 3.63) is 57.6 Å². The first-order valence-corrected chi connectivity index (χ1v) is 14.6. The van der Waals surface area contributed by atoms with Crippen LogP contribution in [-0.2, 0) is 53.6 Å². The van der Waals surface area contributed by atoms with Gasteiger partial charge in [-0.3, -0.25) is 9.59 Å². The molecule has 0 atom stereocenters. The molecule has 0 aliphatic carbocycles. The third kappa shape index (κ3) is 9.33. The van der Waals surface area contributed by atoms with Gasteiger partial charge in [-0.05, 0) is 67.9 Å². The highest BCUT2D eigenvalue weighted by molar-refractivity contribution is 5.88. The Kier molecular flexibility index (Phi) is 10.4. The van der Waals surface area contributed by atoms with Gasteiger partial charge >= 0.3 is 18.1 Å². The van der Waals surface area contributed by atoms with Crippen molar-refractivity contribution in [3.63, 3.8) is 0 Å². The number of hydrogen-bond donors (Lipinski definition) is 2. The minimum atomic E-state index is -1.35. The van der Waals surface area contributed by atoms with E-state index in [-0.39, 0.29) is 46.0 Å². The highest BCUT2D eigenvalue weighted by atomic mass is 16.8. The number of carbonyl (C=O) groups is 3. The van der Waals surface area contributed by atoms with Crippen molar-refractivity contribution < 1.29 is 34.1 Å². The van der Waals surface area contributed by atoms with E-state index in [2.05, 4.69) is 0 Å². The molecule has 0 aromatic heterocycles. The van der Waals surface area contributed by atoms with Crippen molar-refractivity contribution in [3.8, 4) is 11.5 Å². The van der Waals surface area contributed by atoms with E-state index in [1.165, 1.54) is 0 Å². The Hall–Kier alpha value is -3.35. The van der Waals surface area contributed by atoms with Gasteiger partial charge < -0.3 is 19.7 Å². The van der Waals surface area contributed by atoms with Crippen LogP contribution in [0.2, 0.25) is 0 Å². The molecular formula is C35H50O7. The molecule has 0 bridgehead atoms. The maximum Gasteiger partial charge on any atom is 0.524 e. The van der Waals surface area contributed by atoms with Crippen LogP contribution in [0.25, 0.3) is 0 Å². The highest BCUT2D eigenvalue weighted by Gasteiger charge is 2.28. The molecule has 42 heavy (non-hydrogen) atoms. The molecule has 2 N–H and O–H groups in total. The molecule has 0 saturated heterocycles. The van der Waals surface area contributed by atoms with Gasteiger partial charge in [0, 0.05) is 0 Å². The van der Waals surface area contributed by atoms with Gasteiger partial charge in [0.2, 0.25) is 0 Å². The molecule has 0 amide bonds. The maximum atomic E-state index is 12.4. The van der Waals surface area contributed by atoms with E-state index in [0.29, 0.717) is 12.8 Å². The van der Waals surface area contributed by atoms with Crippen LogP contribution >= 0.6 is 0 Å². The number of esters is 2. The second-order valence-corrected chi connectivity index (χ2v) is 15.3. The van der Waals surface area contributed by atoms with Crippen molar-refractivity contribution in [1.29, 1.82) is 0 Å². The largest absolute Gasteiger partial charge is 0.524 e. The van der Waals surface area contributed by atoms with Gasteiger partial charge in [0.1, 0.15) is 11.5 Å². The molecule has 0 unspecified atom stereocenters. The average Bonchev–Trinajstić information content (AvgIpc) is 2.79. The Bertz CT molecular complexity index is 1150. The van der Waals surface area contributed by atoms with Gasteiger partial charge in [-0.15, -0.1) is 0 Å². The predicted octanol–water partition coefficient (Wildman–Crippen LogP) is 8.06. The highest BCUT2D eigenvalue weighted by Crippen LogP contribution is 2.41. The van der Waals surface area contributed by atoms with Crippen LogP contribution in [0.15, 0.2) is 24.3 Å². The van der Waals surface area contributed by atoms with Crippen molar-refractivity contribution >= 4 is 18.1 Å². The number of benzene rings is 2. The summed E-state index contributed by atoms with van der Waals surface area (Å²) < 4.78 is 9.51. The Labute approximate surface area is 251 Å². The van der Waals surface area contributed by atoms with E-state index < -0.39 is 18.1 Å². The Morgan fingerprint density at radius 2 is 0.762 bits per heavy atom. The molecular weight excluding hydrogens is 532 g/mol. The van der Waals surface area contributed by atoms with Crippen molar-refractivity contribution in [1.82, 2.24) is 0 Å². The first-order chi connectivity index (χ1) is 18.9. The summed E-state index contributed by atoms with van der Waals surface area (Å²) in [7, 11) is 0. The molecule has 0 aliphatic rings. The first-order valence-electron chi connectivity index (χ1n) is 14.6. The molecule has 2 rings (SSSR count). The van der Waals surface area contributed by atoms with Gasteiger partial charge in [-0.25, -0.2) is 4.79 Å². The van der Waals surface area contributed by atoms with E-state index in [4.69, 9.17) is 9.47 Å². The summed E-state index contributed by atoms with van der Waals surface area (Å²) in [5.74, 6) is -1.11. The van der Waals surface area contributed by atoms with E-state index >= 15 is 0 Å². The van der Waals surface area contributed by atoms with Crippen molar-refractivity contribution in [2.75, 3.05) is 0 Å². The second-order valence-electron chi connectivity index (χ2n) is 15.3. The zero-order valence-corrected chi connectivity index (χ0v) is 27.6. The fraction of sp³-hybridized carbons (Fsp3) is 0.571. The van der Waals surface area contributed by atoms with Crippen LogP contribution in [-0.4, -0.2) is 28.3 Å². The lowest BCUT2D eigenvalue weighted by atomic mass is 9.78. The van der Waals surface area contributed by atoms with Gasteiger partial charge in [0.25, 0.3) is 0 Å². The number of phenolic OH excluding ortho intramolecular Hbond substituents is 2. The summed E-state index contributed by atoms with van der Waals surface area (Å²) >= 11 is 0.